The predicted octanol–water partition coefficient (Wildman–Crippen LogP) is 2.48. The molecule has 0 amide bonds. The summed E-state index contributed by atoms with van der Waals surface area (Å²) in [5.41, 5.74) is -0.737. The van der Waals surface area contributed by atoms with E-state index in [4.69, 9.17) is 0 Å². The second-order valence-electron chi connectivity index (χ2n) is 6.90. The Morgan fingerprint density at radius 1 is 1.30 bits per heavy atom. The van der Waals surface area contributed by atoms with E-state index in [1.165, 1.54) is 25.8 Å². The van der Waals surface area contributed by atoms with E-state index < -0.39 is 11.5 Å². The molecule has 0 spiro atoms. The number of rotatable bonds is 11. The van der Waals surface area contributed by atoms with Crippen LogP contribution in [0.2, 0.25) is 0 Å². The van der Waals surface area contributed by atoms with Crippen LogP contribution in [0.3, 0.4) is 0 Å². The predicted molar refractivity (Wildman–Crippen MR) is 80.9 cm³/mol. The largest absolute Gasteiger partial charge is 0.480 e. The molecule has 0 aromatic carbocycles. The van der Waals surface area contributed by atoms with Crippen LogP contribution in [0.15, 0.2) is 0 Å². The molecular weight excluding hydrogens is 252 g/mol. The first kappa shape index (κ1) is 15.8. The van der Waals surface area contributed by atoms with Crippen LogP contribution >= 0.6 is 0 Å². The summed E-state index contributed by atoms with van der Waals surface area (Å²) in [4.78, 5) is 14.0. The molecule has 20 heavy (non-hydrogen) atoms. The molecule has 1 unspecified atom stereocenters. The smallest absolute Gasteiger partial charge is 0.323 e. The van der Waals surface area contributed by atoms with Crippen LogP contribution < -0.4 is 5.32 Å². The van der Waals surface area contributed by atoms with Gasteiger partial charge in [-0.25, -0.2) is 0 Å². The molecular formula is C16H30N2O2. The zero-order valence-electron chi connectivity index (χ0n) is 13.0. The lowest BCUT2D eigenvalue weighted by Crippen LogP contribution is -2.50. The van der Waals surface area contributed by atoms with Gasteiger partial charge in [-0.15, -0.1) is 0 Å². The zero-order chi connectivity index (χ0) is 14.6. The van der Waals surface area contributed by atoms with Crippen LogP contribution in [0.4, 0.5) is 0 Å². The second-order valence-corrected chi connectivity index (χ2v) is 6.90. The monoisotopic (exact) mass is 282 g/mol. The zero-order valence-corrected chi connectivity index (χ0v) is 13.0. The Kier molecular flexibility index (Phi) is 5.44. The Morgan fingerprint density at radius 3 is 2.50 bits per heavy atom. The fourth-order valence-electron chi connectivity index (χ4n) is 2.85. The first-order valence-corrected chi connectivity index (χ1v) is 8.27. The molecule has 0 aromatic rings. The third kappa shape index (κ3) is 5.06. The number of carboxylic acid groups (broad SMARTS) is 1. The van der Waals surface area contributed by atoms with Crippen molar-refractivity contribution in [2.45, 2.75) is 70.4 Å². The van der Waals surface area contributed by atoms with Crippen LogP contribution in [0.1, 0.15) is 58.8 Å². The maximum absolute atomic E-state index is 11.5. The Bertz CT molecular complexity index is 326. The summed E-state index contributed by atoms with van der Waals surface area (Å²) in [5.74, 6) is 0.214. The van der Waals surface area contributed by atoms with Crippen molar-refractivity contribution < 1.29 is 9.90 Å². The van der Waals surface area contributed by atoms with E-state index in [9.17, 15) is 9.90 Å². The molecule has 4 nitrogen and oxygen atoms in total. The van der Waals surface area contributed by atoms with E-state index in [1.54, 1.807) is 0 Å². The SMILES string of the molecule is CCCN(CCCC(C)(NC1CC1)C(=O)O)CC1CC1. The van der Waals surface area contributed by atoms with E-state index in [1.807, 2.05) is 6.92 Å². The van der Waals surface area contributed by atoms with Crippen molar-refractivity contribution in [3.05, 3.63) is 0 Å². The third-order valence-electron chi connectivity index (χ3n) is 4.48. The van der Waals surface area contributed by atoms with Crippen molar-refractivity contribution in [2.75, 3.05) is 19.6 Å². The molecule has 2 saturated carbocycles. The molecule has 0 radical (unpaired) electrons. The van der Waals surface area contributed by atoms with Gasteiger partial charge < -0.3 is 10.0 Å². The summed E-state index contributed by atoms with van der Waals surface area (Å²) in [6, 6.07) is 0.439. The van der Waals surface area contributed by atoms with Crippen molar-refractivity contribution in [1.82, 2.24) is 10.2 Å². The van der Waals surface area contributed by atoms with Gasteiger partial charge in [0.1, 0.15) is 5.54 Å². The molecule has 2 aliphatic rings. The molecule has 0 heterocycles. The molecule has 4 heteroatoms. The molecule has 2 fully saturated rings. The standard InChI is InChI=1S/C16H30N2O2/c1-3-10-18(12-13-5-6-13)11-4-9-16(2,15(19)20)17-14-7-8-14/h13-14,17H,3-12H2,1-2H3,(H,19,20). The van der Waals surface area contributed by atoms with Gasteiger partial charge in [0.15, 0.2) is 0 Å². The molecule has 2 aliphatic carbocycles. The lowest BCUT2D eigenvalue weighted by atomic mass is 9.95. The number of carbonyl (C=O) groups is 1. The van der Waals surface area contributed by atoms with E-state index in [2.05, 4.69) is 17.1 Å². The average molecular weight is 282 g/mol. The minimum Gasteiger partial charge on any atom is -0.480 e. The maximum Gasteiger partial charge on any atom is 0.323 e. The van der Waals surface area contributed by atoms with E-state index in [-0.39, 0.29) is 0 Å². The quantitative estimate of drug-likeness (QED) is 0.611. The van der Waals surface area contributed by atoms with E-state index in [0.717, 1.165) is 44.7 Å². The van der Waals surface area contributed by atoms with Crippen LogP contribution in [0.25, 0.3) is 0 Å². The summed E-state index contributed by atoms with van der Waals surface area (Å²) in [5, 5.41) is 12.8. The van der Waals surface area contributed by atoms with Crippen molar-refractivity contribution >= 4 is 5.97 Å². The lowest BCUT2D eigenvalue weighted by Gasteiger charge is -2.28. The Hall–Kier alpha value is -0.610. The lowest BCUT2D eigenvalue weighted by molar-refractivity contribution is -0.144. The molecule has 2 rings (SSSR count). The van der Waals surface area contributed by atoms with Gasteiger partial charge in [0.2, 0.25) is 0 Å². The van der Waals surface area contributed by atoms with Crippen molar-refractivity contribution in [2.24, 2.45) is 5.92 Å². The third-order valence-corrected chi connectivity index (χ3v) is 4.48. The normalized spacial score (nSPS) is 21.9. The Balaban J connectivity index is 1.73. The van der Waals surface area contributed by atoms with Crippen LogP contribution in [0, 0.1) is 5.92 Å². The molecule has 0 bridgehead atoms. The summed E-state index contributed by atoms with van der Waals surface area (Å²) in [7, 11) is 0. The number of hydrogen-bond acceptors (Lipinski definition) is 3. The van der Waals surface area contributed by atoms with Gasteiger partial charge in [0, 0.05) is 12.6 Å². The molecule has 1 atom stereocenters. The average Bonchev–Trinajstić information content (AvgIpc) is 3.25. The summed E-state index contributed by atoms with van der Waals surface area (Å²) >= 11 is 0. The number of nitrogens with zero attached hydrogens (tertiary/aromatic N) is 1. The number of hydrogen-bond donors (Lipinski definition) is 2. The molecule has 116 valence electrons. The van der Waals surface area contributed by atoms with Crippen LogP contribution in [0.5, 0.6) is 0 Å². The van der Waals surface area contributed by atoms with Gasteiger partial charge in [-0.2, -0.15) is 0 Å². The molecule has 0 aliphatic heterocycles. The molecule has 0 aromatic heterocycles. The summed E-state index contributed by atoms with van der Waals surface area (Å²) in [6.07, 6.45) is 7.91. The fraction of sp³-hybridized carbons (Fsp3) is 0.938. The highest BCUT2D eigenvalue weighted by molar-refractivity contribution is 5.78. The minimum absolute atomic E-state index is 0.439. The highest BCUT2D eigenvalue weighted by Gasteiger charge is 2.38. The van der Waals surface area contributed by atoms with E-state index in [0.29, 0.717) is 6.04 Å². The number of carboxylic acids is 1. The van der Waals surface area contributed by atoms with Gasteiger partial charge in [0.25, 0.3) is 0 Å². The molecule has 0 saturated heterocycles. The topological polar surface area (TPSA) is 52.6 Å². The highest BCUT2D eigenvalue weighted by Crippen LogP contribution is 2.30. The number of nitrogens with one attached hydrogen (secondary N) is 1. The fourth-order valence-corrected chi connectivity index (χ4v) is 2.85. The first-order chi connectivity index (χ1) is 9.53. The second kappa shape index (κ2) is 6.90. The van der Waals surface area contributed by atoms with Crippen molar-refractivity contribution in [1.29, 1.82) is 0 Å². The Morgan fingerprint density at radius 2 is 2.00 bits per heavy atom. The summed E-state index contributed by atoms with van der Waals surface area (Å²) in [6.45, 7) is 7.47. The number of aliphatic carboxylic acids is 1. The van der Waals surface area contributed by atoms with Crippen LogP contribution in [-0.4, -0.2) is 47.2 Å². The van der Waals surface area contributed by atoms with Gasteiger partial charge in [0.05, 0.1) is 0 Å². The Labute approximate surface area is 122 Å². The summed E-state index contributed by atoms with van der Waals surface area (Å²) < 4.78 is 0. The van der Waals surface area contributed by atoms with Crippen LogP contribution in [-0.2, 0) is 4.79 Å². The van der Waals surface area contributed by atoms with Gasteiger partial charge in [-0.1, -0.05) is 6.92 Å². The minimum atomic E-state index is -0.737. The highest BCUT2D eigenvalue weighted by atomic mass is 16.4. The first-order valence-electron chi connectivity index (χ1n) is 8.27. The van der Waals surface area contributed by atoms with Gasteiger partial charge >= 0.3 is 5.97 Å². The van der Waals surface area contributed by atoms with Gasteiger partial charge in [-0.3, -0.25) is 10.1 Å². The van der Waals surface area contributed by atoms with Crippen molar-refractivity contribution in [3.8, 4) is 0 Å². The van der Waals surface area contributed by atoms with Crippen molar-refractivity contribution in [3.63, 3.8) is 0 Å². The molecule has 2 N–H and O–H groups in total. The maximum atomic E-state index is 11.5. The van der Waals surface area contributed by atoms with Gasteiger partial charge in [-0.05, 0) is 70.9 Å². The van der Waals surface area contributed by atoms with E-state index >= 15 is 0 Å².